The van der Waals surface area contributed by atoms with E-state index in [1.165, 1.54) is 19.5 Å². The maximum absolute atomic E-state index is 5.32. The highest BCUT2D eigenvalue weighted by Crippen LogP contribution is 2.38. The predicted molar refractivity (Wildman–Crippen MR) is 52.8 cm³/mol. The van der Waals surface area contributed by atoms with Gasteiger partial charge in [0, 0.05) is 19.6 Å². The van der Waals surface area contributed by atoms with Crippen LogP contribution in [0.5, 0.6) is 0 Å². The molecule has 2 aliphatic rings. The zero-order chi connectivity index (χ0) is 9.10. The fourth-order valence-electron chi connectivity index (χ4n) is 2.16. The summed E-state index contributed by atoms with van der Waals surface area (Å²) in [7, 11) is 2.05. The molecule has 3 nitrogen and oxygen atoms in total. The SMILES string of the molecule is CNC[C@@H]1C[C@H]1CN1CCOCC1. The third kappa shape index (κ3) is 2.66. The van der Waals surface area contributed by atoms with Gasteiger partial charge in [0.2, 0.25) is 0 Å². The third-order valence-corrected chi connectivity index (χ3v) is 3.13. The van der Waals surface area contributed by atoms with Gasteiger partial charge in [-0.2, -0.15) is 0 Å². The summed E-state index contributed by atoms with van der Waals surface area (Å²) in [5.74, 6) is 1.92. The lowest BCUT2D eigenvalue weighted by Crippen LogP contribution is -2.37. The molecular weight excluding hydrogens is 164 g/mol. The Labute approximate surface area is 80.4 Å². The molecule has 1 saturated heterocycles. The summed E-state index contributed by atoms with van der Waals surface area (Å²) in [4.78, 5) is 2.55. The van der Waals surface area contributed by atoms with Crippen LogP contribution in [-0.4, -0.2) is 51.3 Å². The van der Waals surface area contributed by atoms with E-state index in [4.69, 9.17) is 4.74 Å². The first-order valence-corrected chi connectivity index (χ1v) is 5.35. The van der Waals surface area contributed by atoms with E-state index in [1.807, 2.05) is 7.05 Å². The van der Waals surface area contributed by atoms with Crippen molar-refractivity contribution in [3.63, 3.8) is 0 Å². The molecule has 3 heteroatoms. The highest BCUT2D eigenvalue weighted by Gasteiger charge is 2.37. The lowest BCUT2D eigenvalue weighted by Gasteiger charge is -2.26. The molecule has 76 valence electrons. The number of hydrogen-bond donors (Lipinski definition) is 1. The van der Waals surface area contributed by atoms with Gasteiger partial charge in [-0.3, -0.25) is 4.90 Å². The van der Waals surface area contributed by atoms with E-state index in [9.17, 15) is 0 Å². The van der Waals surface area contributed by atoms with E-state index in [1.54, 1.807) is 0 Å². The average Bonchev–Trinajstić information content (AvgIpc) is 2.86. The van der Waals surface area contributed by atoms with Gasteiger partial charge < -0.3 is 10.1 Å². The van der Waals surface area contributed by atoms with Gasteiger partial charge in [-0.15, -0.1) is 0 Å². The molecule has 13 heavy (non-hydrogen) atoms. The first kappa shape index (κ1) is 9.44. The van der Waals surface area contributed by atoms with E-state index in [0.29, 0.717) is 0 Å². The van der Waals surface area contributed by atoms with Gasteiger partial charge in [-0.25, -0.2) is 0 Å². The summed E-state index contributed by atoms with van der Waals surface area (Å²) >= 11 is 0. The predicted octanol–water partition coefficient (Wildman–Crippen LogP) is 0.174. The molecule has 1 aliphatic carbocycles. The minimum absolute atomic E-state index is 0.934. The van der Waals surface area contributed by atoms with Crippen molar-refractivity contribution in [2.45, 2.75) is 6.42 Å². The molecule has 0 aromatic rings. The molecule has 1 aliphatic heterocycles. The number of hydrogen-bond acceptors (Lipinski definition) is 3. The van der Waals surface area contributed by atoms with Crippen molar-refractivity contribution in [3.05, 3.63) is 0 Å². The average molecular weight is 184 g/mol. The van der Waals surface area contributed by atoms with Gasteiger partial charge in [-0.1, -0.05) is 0 Å². The van der Waals surface area contributed by atoms with E-state index in [2.05, 4.69) is 10.2 Å². The molecule has 0 unspecified atom stereocenters. The summed E-state index contributed by atoms with van der Waals surface area (Å²) in [5, 5.41) is 3.25. The number of morpholine rings is 1. The molecule has 0 aromatic heterocycles. The van der Waals surface area contributed by atoms with E-state index < -0.39 is 0 Å². The van der Waals surface area contributed by atoms with Gasteiger partial charge >= 0.3 is 0 Å². The van der Waals surface area contributed by atoms with E-state index >= 15 is 0 Å². The minimum Gasteiger partial charge on any atom is -0.379 e. The van der Waals surface area contributed by atoms with Crippen molar-refractivity contribution in [2.75, 3.05) is 46.4 Å². The summed E-state index contributed by atoms with van der Waals surface area (Å²) < 4.78 is 5.32. The van der Waals surface area contributed by atoms with Crippen molar-refractivity contribution in [1.82, 2.24) is 10.2 Å². The minimum atomic E-state index is 0.934. The summed E-state index contributed by atoms with van der Waals surface area (Å²) in [5.41, 5.74) is 0. The number of nitrogens with one attached hydrogen (secondary N) is 1. The topological polar surface area (TPSA) is 24.5 Å². The molecule has 0 aromatic carbocycles. The number of rotatable bonds is 4. The summed E-state index contributed by atoms with van der Waals surface area (Å²) in [6.07, 6.45) is 1.43. The van der Waals surface area contributed by atoms with Crippen molar-refractivity contribution in [2.24, 2.45) is 11.8 Å². The molecule has 0 amide bonds. The van der Waals surface area contributed by atoms with Gasteiger partial charge in [0.05, 0.1) is 13.2 Å². The molecule has 1 heterocycles. The van der Waals surface area contributed by atoms with Crippen LogP contribution < -0.4 is 5.32 Å². The smallest absolute Gasteiger partial charge is 0.0594 e. The van der Waals surface area contributed by atoms with Gasteiger partial charge in [0.25, 0.3) is 0 Å². The quantitative estimate of drug-likeness (QED) is 0.674. The highest BCUT2D eigenvalue weighted by molar-refractivity contribution is 4.89. The zero-order valence-electron chi connectivity index (χ0n) is 8.46. The Hall–Kier alpha value is -0.120. The van der Waals surface area contributed by atoms with Gasteiger partial charge in [0.15, 0.2) is 0 Å². The molecule has 0 spiro atoms. The lowest BCUT2D eigenvalue weighted by atomic mass is 10.3. The van der Waals surface area contributed by atoms with Crippen LogP contribution >= 0.6 is 0 Å². The molecule has 0 bridgehead atoms. The Kier molecular flexibility index (Phi) is 3.19. The summed E-state index contributed by atoms with van der Waals surface area (Å²) in [6.45, 7) is 6.66. The number of ether oxygens (including phenoxy) is 1. The second-order valence-corrected chi connectivity index (χ2v) is 4.23. The first-order chi connectivity index (χ1) is 6.40. The van der Waals surface area contributed by atoms with Crippen molar-refractivity contribution < 1.29 is 4.74 Å². The number of nitrogens with zero attached hydrogens (tertiary/aromatic N) is 1. The van der Waals surface area contributed by atoms with Crippen LogP contribution in [0.2, 0.25) is 0 Å². The molecule has 1 N–H and O–H groups in total. The molecule has 1 saturated carbocycles. The Balaban J connectivity index is 1.62. The fourth-order valence-corrected chi connectivity index (χ4v) is 2.16. The normalized spacial score (nSPS) is 34.8. The van der Waals surface area contributed by atoms with E-state index in [0.717, 1.165) is 38.1 Å². The van der Waals surface area contributed by atoms with Crippen LogP contribution in [0.1, 0.15) is 6.42 Å². The Morgan fingerprint density at radius 3 is 2.77 bits per heavy atom. The van der Waals surface area contributed by atoms with Crippen molar-refractivity contribution in [1.29, 1.82) is 0 Å². The van der Waals surface area contributed by atoms with Crippen molar-refractivity contribution >= 4 is 0 Å². The second-order valence-electron chi connectivity index (χ2n) is 4.23. The molecule has 2 rings (SSSR count). The second kappa shape index (κ2) is 4.40. The molecule has 2 atom stereocenters. The Morgan fingerprint density at radius 1 is 1.31 bits per heavy atom. The first-order valence-electron chi connectivity index (χ1n) is 5.35. The Morgan fingerprint density at radius 2 is 2.08 bits per heavy atom. The monoisotopic (exact) mass is 184 g/mol. The van der Waals surface area contributed by atoms with Crippen LogP contribution in [0, 0.1) is 11.8 Å². The summed E-state index contributed by atoms with van der Waals surface area (Å²) in [6, 6.07) is 0. The van der Waals surface area contributed by atoms with Crippen LogP contribution in [0.15, 0.2) is 0 Å². The van der Waals surface area contributed by atoms with Gasteiger partial charge in [-0.05, 0) is 31.8 Å². The van der Waals surface area contributed by atoms with Crippen LogP contribution in [0.25, 0.3) is 0 Å². The van der Waals surface area contributed by atoms with Crippen LogP contribution in [0.3, 0.4) is 0 Å². The standard InChI is InChI=1S/C10H20N2O/c1-11-7-9-6-10(9)8-12-2-4-13-5-3-12/h9-11H,2-8H2,1H3/t9-,10-/m0/s1. The van der Waals surface area contributed by atoms with E-state index in [-0.39, 0.29) is 0 Å². The van der Waals surface area contributed by atoms with Crippen LogP contribution in [0.4, 0.5) is 0 Å². The largest absolute Gasteiger partial charge is 0.379 e. The van der Waals surface area contributed by atoms with Crippen LogP contribution in [-0.2, 0) is 4.74 Å². The molecule has 0 radical (unpaired) electrons. The fraction of sp³-hybridized carbons (Fsp3) is 1.00. The molecular formula is C10H20N2O. The van der Waals surface area contributed by atoms with Gasteiger partial charge in [0.1, 0.15) is 0 Å². The lowest BCUT2D eigenvalue weighted by molar-refractivity contribution is 0.0351. The van der Waals surface area contributed by atoms with Crippen molar-refractivity contribution in [3.8, 4) is 0 Å². The maximum Gasteiger partial charge on any atom is 0.0594 e. The Bertz CT molecular complexity index is 157. The third-order valence-electron chi connectivity index (χ3n) is 3.13. The zero-order valence-corrected chi connectivity index (χ0v) is 8.46. The molecule has 2 fully saturated rings. The highest BCUT2D eigenvalue weighted by atomic mass is 16.5. The maximum atomic E-state index is 5.32.